The first kappa shape index (κ1) is 13.0. The number of rotatable bonds is 3. The van der Waals surface area contributed by atoms with Crippen LogP contribution in [0.1, 0.15) is 5.69 Å². The van der Waals surface area contributed by atoms with Crippen molar-refractivity contribution in [1.82, 2.24) is 15.0 Å². The largest absolute Gasteiger partial charge is 0.271 e. The molecule has 19 heavy (non-hydrogen) atoms. The lowest BCUT2D eigenvalue weighted by Gasteiger charge is -1.99. The minimum atomic E-state index is 0.718. The normalized spacial score (nSPS) is 14.7. The number of aromatic nitrogens is 3. The van der Waals surface area contributed by atoms with Crippen LogP contribution in [-0.4, -0.2) is 31.7 Å². The minimum Gasteiger partial charge on any atom is -0.271 e. The Morgan fingerprint density at radius 3 is 2.89 bits per heavy atom. The second-order valence-corrected chi connectivity index (χ2v) is 6.66. The summed E-state index contributed by atoms with van der Waals surface area (Å²) < 4.78 is 2.91. The number of hydrogen-bond donors (Lipinski definition) is 0. The average Bonchev–Trinajstić information content (AvgIpc) is 3.09. The van der Waals surface area contributed by atoms with Crippen LogP contribution in [0, 0.1) is 0 Å². The summed E-state index contributed by atoms with van der Waals surface area (Å²) >= 11 is 9.40. The van der Waals surface area contributed by atoms with Crippen molar-refractivity contribution in [3.8, 4) is 5.69 Å². The lowest BCUT2D eigenvalue weighted by Crippen LogP contribution is -1.93. The number of aliphatic imine (C=N–C) groups is 1. The third-order valence-corrected chi connectivity index (χ3v) is 5.07. The van der Waals surface area contributed by atoms with E-state index in [1.807, 2.05) is 42.2 Å². The molecule has 0 aliphatic carbocycles. The molecule has 0 spiro atoms. The van der Waals surface area contributed by atoms with Crippen LogP contribution in [0.4, 0.5) is 0 Å². The lowest BCUT2D eigenvalue weighted by atomic mass is 10.3. The zero-order valence-corrected chi connectivity index (χ0v) is 12.4. The van der Waals surface area contributed by atoms with Gasteiger partial charge in [0.15, 0.2) is 0 Å². The monoisotopic (exact) mass is 310 g/mol. The summed E-state index contributed by atoms with van der Waals surface area (Å²) in [6, 6.07) is 7.53. The fraction of sp³-hybridized carbons (Fsp3) is 0.250. The predicted octanol–water partition coefficient (Wildman–Crippen LogP) is 3.26. The fourth-order valence-corrected chi connectivity index (χ4v) is 3.64. The highest BCUT2D eigenvalue weighted by Gasteiger charge is 2.09. The maximum atomic E-state index is 5.86. The van der Waals surface area contributed by atoms with Crippen molar-refractivity contribution < 1.29 is 0 Å². The average molecular weight is 311 g/mol. The summed E-state index contributed by atoms with van der Waals surface area (Å²) in [6.07, 6.45) is 1.94. The summed E-state index contributed by atoms with van der Waals surface area (Å²) in [6.45, 7) is 0.935. The molecule has 7 heteroatoms. The smallest absolute Gasteiger partial charge is 0.125 e. The predicted molar refractivity (Wildman–Crippen MR) is 82.4 cm³/mol. The summed E-state index contributed by atoms with van der Waals surface area (Å²) in [7, 11) is 0. The molecule has 4 nitrogen and oxygen atoms in total. The second-order valence-electron chi connectivity index (χ2n) is 3.92. The molecule has 1 aromatic heterocycles. The molecule has 0 amide bonds. The fourth-order valence-electron chi connectivity index (χ4n) is 1.62. The molecule has 1 aliphatic rings. The van der Waals surface area contributed by atoms with E-state index in [0.29, 0.717) is 0 Å². The molecule has 0 saturated heterocycles. The van der Waals surface area contributed by atoms with Crippen LogP contribution in [0.5, 0.6) is 0 Å². The third-order valence-electron chi connectivity index (χ3n) is 2.53. The highest BCUT2D eigenvalue weighted by Crippen LogP contribution is 2.24. The molecule has 2 aromatic rings. The Kier molecular flexibility index (Phi) is 4.10. The van der Waals surface area contributed by atoms with Gasteiger partial charge >= 0.3 is 0 Å². The topological polar surface area (TPSA) is 43.1 Å². The number of hydrogen-bond acceptors (Lipinski definition) is 5. The van der Waals surface area contributed by atoms with E-state index in [2.05, 4.69) is 15.3 Å². The van der Waals surface area contributed by atoms with E-state index in [-0.39, 0.29) is 0 Å². The van der Waals surface area contributed by atoms with Gasteiger partial charge in [-0.2, -0.15) is 0 Å². The summed E-state index contributed by atoms with van der Waals surface area (Å²) in [4.78, 5) is 4.40. The van der Waals surface area contributed by atoms with Crippen LogP contribution in [0.25, 0.3) is 5.69 Å². The van der Waals surface area contributed by atoms with Crippen LogP contribution < -0.4 is 0 Å². The van der Waals surface area contributed by atoms with Crippen molar-refractivity contribution in [1.29, 1.82) is 0 Å². The van der Waals surface area contributed by atoms with E-state index in [0.717, 1.165) is 38.8 Å². The van der Waals surface area contributed by atoms with Gasteiger partial charge in [-0.25, -0.2) is 4.68 Å². The quantitative estimate of drug-likeness (QED) is 0.873. The SMILES string of the molecule is Clc1ccc(-n2cc(CSC3=NCCS3)nn2)cc1. The van der Waals surface area contributed by atoms with Crippen molar-refractivity contribution in [3.63, 3.8) is 0 Å². The Morgan fingerprint density at radius 1 is 1.32 bits per heavy atom. The van der Waals surface area contributed by atoms with E-state index >= 15 is 0 Å². The first-order chi connectivity index (χ1) is 9.31. The third kappa shape index (κ3) is 3.32. The standard InChI is InChI=1S/C12H11ClN4S2/c13-9-1-3-11(4-2-9)17-7-10(15-16-17)8-19-12-14-5-6-18-12/h1-4,7H,5-6,8H2. The van der Waals surface area contributed by atoms with Gasteiger partial charge in [-0.1, -0.05) is 40.3 Å². The summed E-state index contributed by atoms with van der Waals surface area (Å²) in [5.74, 6) is 1.90. The molecule has 0 fully saturated rings. The Labute approximate surface area is 124 Å². The van der Waals surface area contributed by atoms with Gasteiger partial charge in [0.25, 0.3) is 0 Å². The van der Waals surface area contributed by atoms with Crippen molar-refractivity contribution >= 4 is 39.5 Å². The van der Waals surface area contributed by atoms with Crippen molar-refractivity contribution in [3.05, 3.63) is 41.2 Å². The first-order valence-corrected chi connectivity index (χ1v) is 8.13. The molecule has 0 bridgehead atoms. The van der Waals surface area contributed by atoms with Gasteiger partial charge in [0, 0.05) is 16.5 Å². The van der Waals surface area contributed by atoms with Crippen LogP contribution in [0.2, 0.25) is 5.02 Å². The molecular formula is C12H11ClN4S2. The van der Waals surface area contributed by atoms with Gasteiger partial charge in [0.05, 0.1) is 24.1 Å². The van der Waals surface area contributed by atoms with Gasteiger partial charge in [-0.05, 0) is 24.3 Å². The summed E-state index contributed by atoms with van der Waals surface area (Å²) in [5.41, 5.74) is 1.91. The first-order valence-electron chi connectivity index (χ1n) is 5.78. The molecule has 1 aromatic carbocycles. The van der Waals surface area contributed by atoms with Crippen molar-refractivity contribution in [2.45, 2.75) is 5.75 Å². The Balaban J connectivity index is 1.67. The Bertz CT molecular complexity index is 594. The Hall–Kier alpha value is -0.980. The Morgan fingerprint density at radius 2 is 2.16 bits per heavy atom. The van der Waals surface area contributed by atoms with E-state index in [4.69, 9.17) is 11.6 Å². The van der Waals surface area contributed by atoms with E-state index < -0.39 is 0 Å². The molecule has 0 radical (unpaired) electrons. The molecule has 3 rings (SSSR count). The van der Waals surface area contributed by atoms with Gasteiger partial charge in [-0.3, -0.25) is 4.99 Å². The maximum absolute atomic E-state index is 5.86. The molecular weight excluding hydrogens is 300 g/mol. The van der Waals surface area contributed by atoms with E-state index in [1.54, 1.807) is 16.4 Å². The second kappa shape index (κ2) is 5.98. The zero-order chi connectivity index (χ0) is 13.1. The zero-order valence-electron chi connectivity index (χ0n) is 9.99. The van der Waals surface area contributed by atoms with Gasteiger partial charge in [0.2, 0.25) is 0 Å². The van der Waals surface area contributed by atoms with Crippen LogP contribution in [0.15, 0.2) is 35.5 Å². The molecule has 0 atom stereocenters. The minimum absolute atomic E-state index is 0.718. The molecule has 1 aliphatic heterocycles. The van der Waals surface area contributed by atoms with Crippen LogP contribution >= 0.6 is 35.1 Å². The van der Waals surface area contributed by atoms with E-state index in [9.17, 15) is 0 Å². The van der Waals surface area contributed by atoms with Crippen molar-refractivity contribution in [2.24, 2.45) is 4.99 Å². The summed E-state index contributed by atoms with van der Waals surface area (Å²) in [5, 5.41) is 9.01. The molecule has 0 unspecified atom stereocenters. The van der Waals surface area contributed by atoms with Crippen LogP contribution in [0.3, 0.4) is 0 Å². The number of nitrogens with zero attached hydrogens (tertiary/aromatic N) is 4. The van der Waals surface area contributed by atoms with Gasteiger partial charge in [0.1, 0.15) is 4.38 Å². The number of halogens is 1. The number of benzene rings is 1. The molecule has 0 saturated carbocycles. The molecule has 98 valence electrons. The van der Waals surface area contributed by atoms with E-state index in [1.165, 1.54) is 0 Å². The highest BCUT2D eigenvalue weighted by atomic mass is 35.5. The number of thioether (sulfide) groups is 2. The molecule has 2 heterocycles. The highest BCUT2D eigenvalue weighted by molar-refractivity contribution is 8.38. The maximum Gasteiger partial charge on any atom is 0.125 e. The van der Waals surface area contributed by atoms with Gasteiger partial charge < -0.3 is 0 Å². The van der Waals surface area contributed by atoms with Crippen molar-refractivity contribution in [2.75, 3.05) is 12.3 Å². The lowest BCUT2D eigenvalue weighted by molar-refractivity contribution is 0.800. The molecule has 0 N–H and O–H groups in total. The van der Waals surface area contributed by atoms with Gasteiger partial charge in [-0.15, -0.1) is 5.10 Å². The van der Waals surface area contributed by atoms with Crippen LogP contribution in [-0.2, 0) is 5.75 Å².